The van der Waals surface area contributed by atoms with Gasteiger partial charge in [0, 0.05) is 0 Å². The van der Waals surface area contributed by atoms with Crippen molar-refractivity contribution < 1.29 is 9.53 Å². The Morgan fingerprint density at radius 2 is 2.36 bits per heavy atom. The van der Waals surface area contributed by atoms with Crippen LogP contribution in [0.2, 0.25) is 0 Å². The van der Waals surface area contributed by atoms with E-state index < -0.39 is 0 Å². The van der Waals surface area contributed by atoms with Crippen LogP contribution in [0.1, 0.15) is 19.3 Å². The van der Waals surface area contributed by atoms with Gasteiger partial charge in [-0.15, -0.1) is 0 Å². The van der Waals surface area contributed by atoms with Gasteiger partial charge in [-0.05, 0) is 25.3 Å². The van der Waals surface area contributed by atoms with Crippen molar-refractivity contribution in [3.8, 4) is 0 Å². The minimum atomic E-state index is -0.172. The molecule has 2 rings (SSSR count). The third-order valence-corrected chi connectivity index (χ3v) is 2.32. The largest absolute Gasteiger partial charge is 0.465 e. The van der Waals surface area contributed by atoms with Crippen molar-refractivity contribution in [2.75, 3.05) is 7.11 Å². The monoisotopic (exact) mass is 150 g/mol. The molecule has 58 valence electrons. The molecule has 0 aromatic rings. The Balaban J connectivity index is 2.29. The van der Waals surface area contributed by atoms with Crippen LogP contribution in [0.25, 0.3) is 0 Å². The molecule has 11 heavy (non-hydrogen) atoms. The number of methoxy groups -OCH3 is 1. The molecule has 0 N–H and O–H groups in total. The first-order chi connectivity index (χ1) is 5.31. The van der Waals surface area contributed by atoms with Gasteiger partial charge < -0.3 is 4.74 Å². The molecule has 2 aliphatic rings. The second-order valence-corrected chi connectivity index (χ2v) is 2.99. The molecule has 2 aliphatic carbocycles. The summed E-state index contributed by atoms with van der Waals surface area (Å²) < 4.78 is 4.65. The number of rotatable bonds is 1. The lowest BCUT2D eigenvalue weighted by molar-refractivity contribution is -0.135. The molecule has 0 aliphatic heterocycles. The minimum absolute atomic E-state index is 0.172. The first kappa shape index (κ1) is 6.65. The van der Waals surface area contributed by atoms with Gasteiger partial charge in [-0.2, -0.15) is 0 Å². The van der Waals surface area contributed by atoms with E-state index in [1.54, 1.807) is 0 Å². The number of ether oxygens (including phenoxy) is 1. The van der Waals surface area contributed by atoms with Crippen LogP contribution >= 0.6 is 0 Å². The zero-order chi connectivity index (χ0) is 7.84. The average molecular weight is 150 g/mol. The van der Waals surface area contributed by atoms with Gasteiger partial charge in [0.15, 0.2) is 0 Å². The number of hydrogen-bond donors (Lipinski definition) is 0. The fourth-order valence-corrected chi connectivity index (χ4v) is 1.73. The van der Waals surface area contributed by atoms with Gasteiger partial charge in [-0.25, -0.2) is 4.79 Å². The first-order valence-electron chi connectivity index (χ1n) is 3.81. The Kier molecular flexibility index (Phi) is 1.34. The molecule has 1 fully saturated rings. The van der Waals surface area contributed by atoms with E-state index in [0.29, 0.717) is 0 Å². The topological polar surface area (TPSA) is 26.3 Å². The standard InChI is InChI=1S/C9H10O2/c1-11-9(10)8-5-6-2-3-7(8)4-6/h5H,2-4H2,1H3. The third-order valence-electron chi connectivity index (χ3n) is 2.32. The molecule has 0 heterocycles. The molecule has 0 spiro atoms. The molecule has 2 heteroatoms. The van der Waals surface area contributed by atoms with Crippen LogP contribution in [0, 0.1) is 0 Å². The van der Waals surface area contributed by atoms with Gasteiger partial charge in [-0.1, -0.05) is 11.1 Å². The Morgan fingerprint density at radius 1 is 1.55 bits per heavy atom. The van der Waals surface area contributed by atoms with Gasteiger partial charge in [0.2, 0.25) is 0 Å². The van der Waals surface area contributed by atoms with E-state index in [9.17, 15) is 4.79 Å². The molecule has 0 amide bonds. The summed E-state index contributed by atoms with van der Waals surface area (Å²) in [4.78, 5) is 11.1. The van der Waals surface area contributed by atoms with Crippen molar-refractivity contribution in [3.63, 3.8) is 0 Å². The lowest BCUT2D eigenvalue weighted by Gasteiger charge is -2.02. The summed E-state index contributed by atoms with van der Waals surface area (Å²) in [5.41, 5.74) is 3.47. The van der Waals surface area contributed by atoms with Gasteiger partial charge in [0.25, 0.3) is 0 Å². The number of esters is 1. The summed E-state index contributed by atoms with van der Waals surface area (Å²) >= 11 is 0. The summed E-state index contributed by atoms with van der Waals surface area (Å²) in [6, 6.07) is 0. The van der Waals surface area contributed by atoms with Crippen molar-refractivity contribution >= 4 is 5.97 Å². The summed E-state index contributed by atoms with van der Waals surface area (Å²) in [7, 11) is 1.43. The zero-order valence-corrected chi connectivity index (χ0v) is 6.52. The van der Waals surface area contributed by atoms with E-state index >= 15 is 0 Å². The molecule has 2 bridgehead atoms. The van der Waals surface area contributed by atoms with Crippen molar-refractivity contribution in [3.05, 3.63) is 22.8 Å². The second-order valence-electron chi connectivity index (χ2n) is 2.99. The van der Waals surface area contributed by atoms with E-state index in [-0.39, 0.29) is 5.97 Å². The molecular formula is C9H10O2. The van der Waals surface area contributed by atoms with E-state index in [0.717, 1.165) is 24.8 Å². The van der Waals surface area contributed by atoms with E-state index in [2.05, 4.69) is 4.74 Å². The lowest BCUT2D eigenvalue weighted by atomic mass is 10.1. The predicted molar refractivity (Wildman–Crippen MR) is 41.0 cm³/mol. The van der Waals surface area contributed by atoms with Crippen LogP contribution in [-0.2, 0) is 9.53 Å². The average Bonchev–Trinajstić information content (AvgIpc) is 2.62. The summed E-state index contributed by atoms with van der Waals surface area (Å²) in [6.07, 6.45) is 5.21. The van der Waals surface area contributed by atoms with Gasteiger partial charge >= 0.3 is 5.97 Å². The molecule has 0 aromatic carbocycles. The highest BCUT2D eigenvalue weighted by molar-refractivity contribution is 5.94. The molecule has 1 saturated carbocycles. The van der Waals surface area contributed by atoms with Crippen molar-refractivity contribution in [2.45, 2.75) is 19.3 Å². The van der Waals surface area contributed by atoms with Crippen LogP contribution < -0.4 is 0 Å². The summed E-state index contributed by atoms with van der Waals surface area (Å²) in [6.45, 7) is 0. The van der Waals surface area contributed by atoms with Crippen molar-refractivity contribution in [1.29, 1.82) is 0 Å². The molecule has 0 aromatic heterocycles. The zero-order valence-electron chi connectivity index (χ0n) is 6.52. The highest BCUT2D eigenvalue weighted by Gasteiger charge is 2.26. The highest BCUT2D eigenvalue weighted by atomic mass is 16.5. The number of allylic oxidation sites excluding steroid dienone is 2. The van der Waals surface area contributed by atoms with Crippen LogP contribution in [-0.4, -0.2) is 13.1 Å². The van der Waals surface area contributed by atoms with E-state index in [4.69, 9.17) is 0 Å². The maximum absolute atomic E-state index is 11.1. The number of carbonyl (C=O) groups excluding carboxylic acids is 1. The van der Waals surface area contributed by atoms with E-state index in [1.807, 2.05) is 6.08 Å². The number of fused-ring (bicyclic) bond motifs is 2. The van der Waals surface area contributed by atoms with Crippen LogP contribution in [0.15, 0.2) is 22.8 Å². The highest BCUT2D eigenvalue weighted by Crippen LogP contribution is 2.39. The number of hydrogen-bond acceptors (Lipinski definition) is 2. The fourth-order valence-electron chi connectivity index (χ4n) is 1.73. The Labute approximate surface area is 65.5 Å². The molecule has 0 atom stereocenters. The third kappa shape index (κ3) is 0.897. The lowest BCUT2D eigenvalue weighted by Crippen LogP contribution is -2.04. The first-order valence-corrected chi connectivity index (χ1v) is 3.81. The SMILES string of the molecule is COC(=O)C1=C2CCC(=C1)C2. The van der Waals surface area contributed by atoms with Gasteiger partial charge in [0.05, 0.1) is 12.7 Å². The normalized spacial score (nSPS) is 20.6. The van der Waals surface area contributed by atoms with Crippen LogP contribution in [0.4, 0.5) is 0 Å². The summed E-state index contributed by atoms with van der Waals surface area (Å²) in [5.74, 6) is -0.172. The van der Waals surface area contributed by atoms with Gasteiger partial charge in [0.1, 0.15) is 0 Å². The van der Waals surface area contributed by atoms with Crippen LogP contribution in [0.3, 0.4) is 0 Å². The number of carbonyl (C=O) groups is 1. The summed E-state index contributed by atoms with van der Waals surface area (Å²) in [5, 5.41) is 0. The molecular weight excluding hydrogens is 140 g/mol. The van der Waals surface area contributed by atoms with Crippen LogP contribution in [0.5, 0.6) is 0 Å². The quantitative estimate of drug-likeness (QED) is 0.530. The molecule has 2 nitrogen and oxygen atoms in total. The molecule has 0 unspecified atom stereocenters. The fraction of sp³-hybridized carbons (Fsp3) is 0.444. The maximum Gasteiger partial charge on any atom is 0.337 e. The molecule has 0 saturated heterocycles. The second kappa shape index (κ2) is 2.22. The Hall–Kier alpha value is -1.05. The Bertz CT molecular complexity index is 271. The van der Waals surface area contributed by atoms with Crippen molar-refractivity contribution in [1.82, 2.24) is 0 Å². The van der Waals surface area contributed by atoms with E-state index in [1.165, 1.54) is 18.3 Å². The molecule has 0 radical (unpaired) electrons. The van der Waals surface area contributed by atoms with Crippen molar-refractivity contribution in [2.24, 2.45) is 0 Å². The minimum Gasteiger partial charge on any atom is -0.465 e. The Morgan fingerprint density at radius 3 is 2.82 bits per heavy atom. The predicted octanol–water partition coefficient (Wildman–Crippen LogP) is 1.58. The van der Waals surface area contributed by atoms with Gasteiger partial charge in [-0.3, -0.25) is 0 Å². The maximum atomic E-state index is 11.1. The smallest absolute Gasteiger partial charge is 0.337 e.